The van der Waals surface area contributed by atoms with Crippen LogP contribution in [0.3, 0.4) is 0 Å². The zero-order valence-electron chi connectivity index (χ0n) is 12.7. The van der Waals surface area contributed by atoms with Crippen LogP contribution >= 0.6 is 12.4 Å². The van der Waals surface area contributed by atoms with Crippen LogP contribution in [0.5, 0.6) is 5.75 Å². The topological polar surface area (TPSA) is 64.3 Å². The Balaban J connectivity index is 0.00000220. The summed E-state index contributed by atoms with van der Waals surface area (Å²) in [6, 6.07) is 8.04. The molecule has 1 aliphatic rings. The molecule has 2 unspecified atom stereocenters. The molecule has 1 aromatic rings. The number of hydrogen-bond acceptors (Lipinski definition) is 3. The molecule has 0 bridgehead atoms. The number of rotatable bonds is 7. The minimum absolute atomic E-state index is 0. The molecule has 2 atom stereocenters. The van der Waals surface area contributed by atoms with Gasteiger partial charge in [0.25, 0.3) is 0 Å². The van der Waals surface area contributed by atoms with Gasteiger partial charge in [-0.2, -0.15) is 0 Å². The molecule has 21 heavy (non-hydrogen) atoms. The highest BCUT2D eigenvalue weighted by Gasteiger charge is 2.31. The van der Waals surface area contributed by atoms with Crippen molar-refractivity contribution in [3.8, 4) is 5.75 Å². The standard InChI is InChI=1S/C16H24N2O2.ClH/c1-11(12-5-7-14(20-2)8-6-12)9-16(19)18-15(10-17)13-3-4-13;/h5-8,11,13,15H,3-4,9-10,17H2,1-2H3,(H,18,19);1H. The Morgan fingerprint density at radius 2 is 2.00 bits per heavy atom. The average molecular weight is 313 g/mol. The monoisotopic (exact) mass is 312 g/mol. The minimum Gasteiger partial charge on any atom is -0.497 e. The van der Waals surface area contributed by atoms with Crippen molar-refractivity contribution in [2.24, 2.45) is 11.7 Å². The first-order chi connectivity index (χ1) is 9.63. The third-order valence-corrected chi connectivity index (χ3v) is 3.97. The second-order valence-corrected chi connectivity index (χ2v) is 5.63. The van der Waals surface area contributed by atoms with Gasteiger partial charge < -0.3 is 15.8 Å². The Morgan fingerprint density at radius 1 is 1.38 bits per heavy atom. The van der Waals surface area contributed by atoms with Gasteiger partial charge in [0.15, 0.2) is 0 Å². The van der Waals surface area contributed by atoms with Crippen molar-refractivity contribution >= 4 is 18.3 Å². The van der Waals surface area contributed by atoms with Gasteiger partial charge in [-0.15, -0.1) is 12.4 Å². The summed E-state index contributed by atoms with van der Waals surface area (Å²) in [5.74, 6) is 1.72. The van der Waals surface area contributed by atoms with Gasteiger partial charge in [-0.1, -0.05) is 19.1 Å². The molecule has 1 aliphatic carbocycles. The fraction of sp³-hybridized carbons (Fsp3) is 0.562. The third-order valence-electron chi connectivity index (χ3n) is 3.97. The van der Waals surface area contributed by atoms with E-state index >= 15 is 0 Å². The predicted molar refractivity (Wildman–Crippen MR) is 87.0 cm³/mol. The molecule has 1 amide bonds. The Hall–Kier alpha value is -1.26. The largest absolute Gasteiger partial charge is 0.497 e. The SMILES string of the molecule is COc1ccc(C(C)CC(=O)NC(CN)C2CC2)cc1.Cl. The zero-order valence-corrected chi connectivity index (χ0v) is 13.5. The molecule has 0 aliphatic heterocycles. The summed E-state index contributed by atoms with van der Waals surface area (Å²) in [6.07, 6.45) is 2.88. The van der Waals surface area contributed by atoms with E-state index in [-0.39, 0.29) is 30.3 Å². The number of benzene rings is 1. The van der Waals surface area contributed by atoms with Crippen molar-refractivity contribution in [3.63, 3.8) is 0 Å². The van der Waals surface area contributed by atoms with E-state index in [1.165, 1.54) is 12.8 Å². The fourth-order valence-electron chi connectivity index (χ4n) is 2.46. The molecule has 1 aromatic carbocycles. The molecule has 5 heteroatoms. The number of carbonyl (C=O) groups excluding carboxylic acids is 1. The fourth-order valence-corrected chi connectivity index (χ4v) is 2.46. The molecule has 0 heterocycles. The van der Waals surface area contributed by atoms with Crippen LogP contribution in [0, 0.1) is 5.92 Å². The van der Waals surface area contributed by atoms with Gasteiger partial charge in [0.1, 0.15) is 5.75 Å². The lowest BCUT2D eigenvalue weighted by atomic mass is 9.97. The van der Waals surface area contributed by atoms with E-state index in [2.05, 4.69) is 12.2 Å². The molecule has 0 saturated heterocycles. The number of amides is 1. The number of carbonyl (C=O) groups is 1. The first-order valence-electron chi connectivity index (χ1n) is 7.27. The van der Waals surface area contributed by atoms with E-state index < -0.39 is 0 Å². The maximum Gasteiger partial charge on any atom is 0.220 e. The first kappa shape index (κ1) is 17.8. The average Bonchev–Trinajstić information content (AvgIpc) is 3.29. The lowest BCUT2D eigenvalue weighted by Crippen LogP contribution is -2.42. The van der Waals surface area contributed by atoms with Crippen LogP contribution in [0.4, 0.5) is 0 Å². The molecule has 118 valence electrons. The van der Waals surface area contributed by atoms with E-state index in [9.17, 15) is 4.79 Å². The Kier molecular flexibility index (Phi) is 6.99. The van der Waals surface area contributed by atoms with E-state index in [4.69, 9.17) is 10.5 Å². The van der Waals surface area contributed by atoms with Crippen molar-refractivity contribution in [2.75, 3.05) is 13.7 Å². The maximum absolute atomic E-state index is 12.1. The molecule has 0 spiro atoms. The minimum atomic E-state index is 0. The van der Waals surface area contributed by atoms with Crippen molar-refractivity contribution in [1.29, 1.82) is 0 Å². The number of nitrogens with two attached hydrogens (primary N) is 1. The smallest absolute Gasteiger partial charge is 0.220 e. The molecular weight excluding hydrogens is 288 g/mol. The lowest BCUT2D eigenvalue weighted by molar-refractivity contribution is -0.122. The van der Waals surface area contributed by atoms with Crippen LogP contribution in [-0.4, -0.2) is 25.6 Å². The predicted octanol–water partition coefficient (Wildman–Crippen LogP) is 2.46. The zero-order chi connectivity index (χ0) is 14.5. The summed E-state index contributed by atoms with van der Waals surface area (Å²) in [6.45, 7) is 2.60. The van der Waals surface area contributed by atoms with Crippen LogP contribution in [-0.2, 0) is 4.79 Å². The molecule has 1 fully saturated rings. The van der Waals surface area contributed by atoms with E-state index in [1.54, 1.807) is 7.11 Å². The number of hydrogen-bond donors (Lipinski definition) is 2. The van der Waals surface area contributed by atoms with Crippen LogP contribution in [0.2, 0.25) is 0 Å². The highest BCUT2D eigenvalue weighted by Crippen LogP contribution is 2.32. The molecule has 2 rings (SSSR count). The van der Waals surface area contributed by atoms with Gasteiger partial charge in [0.2, 0.25) is 5.91 Å². The summed E-state index contributed by atoms with van der Waals surface area (Å²) in [4.78, 5) is 12.1. The van der Waals surface area contributed by atoms with Gasteiger partial charge in [-0.3, -0.25) is 4.79 Å². The van der Waals surface area contributed by atoms with Crippen LogP contribution < -0.4 is 15.8 Å². The summed E-state index contributed by atoms with van der Waals surface area (Å²) in [5, 5.41) is 3.06. The van der Waals surface area contributed by atoms with E-state index in [0.29, 0.717) is 18.9 Å². The van der Waals surface area contributed by atoms with Crippen molar-refractivity contribution in [2.45, 2.75) is 38.1 Å². The highest BCUT2D eigenvalue weighted by atomic mass is 35.5. The van der Waals surface area contributed by atoms with E-state index in [0.717, 1.165) is 11.3 Å². The maximum atomic E-state index is 12.1. The molecule has 1 saturated carbocycles. The van der Waals surface area contributed by atoms with Crippen LogP contribution in [0.15, 0.2) is 24.3 Å². The Morgan fingerprint density at radius 3 is 2.48 bits per heavy atom. The Labute approximate surface area is 132 Å². The molecule has 4 nitrogen and oxygen atoms in total. The van der Waals surface area contributed by atoms with Gasteiger partial charge in [-0.05, 0) is 42.4 Å². The van der Waals surface area contributed by atoms with Gasteiger partial charge in [0.05, 0.1) is 7.11 Å². The summed E-state index contributed by atoms with van der Waals surface area (Å²) < 4.78 is 5.14. The summed E-state index contributed by atoms with van der Waals surface area (Å²) >= 11 is 0. The molecular formula is C16H25ClN2O2. The quantitative estimate of drug-likeness (QED) is 0.813. The van der Waals surface area contributed by atoms with Crippen LogP contribution in [0.25, 0.3) is 0 Å². The second kappa shape index (κ2) is 8.25. The lowest BCUT2D eigenvalue weighted by Gasteiger charge is -2.18. The number of nitrogens with one attached hydrogen (secondary N) is 1. The van der Waals surface area contributed by atoms with Crippen molar-refractivity contribution < 1.29 is 9.53 Å². The van der Waals surface area contributed by atoms with Gasteiger partial charge in [-0.25, -0.2) is 0 Å². The number of halogens is 1. The first-order valence-corrected chi connectivity index (χ1v) is 7.27. The normalized spacial score (nSPS) is 16.5. The number of methoxy groups -OCH3 is 1. The molecule has 0 radical (unpaired) electrons. The second-order valence-electron chi connectivity index (χ2n) is 5.63. The third kappa shape index (κ3) is 5.21. The highest BCUT2D eigenvalue weighted by molar-refractivity contribution is 5.85. The van der Waals surface area contributed by atoms with Crippen LogP contribution in [0.1, 0.15) is 37.7 Å². The molecule has 3 N–H and O–H groups in total. The Bertz CT molecular complexity index is 446. The van der Waals surface area contributed by atoms with Crippen molar-refractivity contribution in [1.82, 2.24) is 5.32 Å². The van der Waals surface area contributed by atoms with Gasteiger partial charge >= 0.3 is 0 Å². The summed E-state index contributed by atoms with van der Waals surface area (Å²) in [7, 11) is 1.65. The van der Waals surface area contributed by atoms with Gasteiger partial charge in [0, 0.05) is 19.0 Å². The summed E-state index contributed by atoms with van der Waals surface area (Å²) in [5.41, 5.74) is 6.86. The number of ether oxygens (including phenoxy) is 1. The molecule has 0 aromatic heterocycles. The van der Waals surface area contributed by atoms with E-state index in [1.807, 2.05) is 24.3 Å². The van der Waals surface area contributed by atoms with Crippen molar-refractivity contribution in [3.05, 3.63) is 29.8 Å².